The van der Waals surface area contributed by atoms with Crippen molar-refractivity contribution in [1.29, 1.82) is 0 Å². The number of amides is 1. The van der Waals surface area contributed by atoms with E-state index in [0.29, 0.717) is 37.6 Å². The number of aryl methyl sites for hydroxylation is 1. The summed E-state index contributed by atoms with van der Waals surface area (Å²) in [6.45, 7) is 7.92. The molecule has 2 aromatic carbocycles. The number of benzene rings is 2. The smallest absolute Gasteiger partial charge is 0.261 e. The maximum absolute atomic E-state index is 13.2. The number of sulfonamides is 1. The van der Waals surface area contributed by atoms with Crippen LogP contribution in [-0.2, 0) is 14.8 Å². The fourth-order valence-corrected chi connectivity index (χ4v) is 5.22. The molecule has 162 valence electrons. The van der Waals surface area contributed by atoms with E-state index in [1.165, 1.54) is 17.8 Å². The summed E-state index contributed by atoms with van der Waals surface area (Å²) in [5.41, 5.74) is 2.79. The Hall–Kier alpha value is -2.03. The molecule has 1 saturated heterocycles. The minimum absolute atomic E-state index is 0.0786. The van der Waals surface area contributed by atoms with E-state index in [-0.39, 0.29) is 16.7 Å². The van der Waals surface area contributed by atoms with E-state index in [4.69, 9.17) is 4.74 Å². The van der Waals surface area contributed by atoms with Gasteiger partial charge in [0.15, 0.2) is 0 Å². The van der Waals surface area contributed by atoms with E-state index in [9.17, 15) is 13.2 Å². The van der Waals surface area contributed by atoms with Crippen molar-refractivity contribution in [3.63, 3.8) is 0 Å². The van der Waals surface area contributed by atoms with Crippen LogP contribution in [0.4, 0.5) is 5.69 Å². The molecule has 0 aromatic heterocycles. The summed E-state index contributed by atoms with van der Waals surface area (Å²) in [5.74, 6) is -0.00149. The first-order valence-corrected chi connectivity index (χ1v) is 12.6. The summed E-state index contributed by atoms with van der Waals surface area (Å²) in [7, 11) is -3.86. The van der Waals surface area contributed by atoms with Crippen LogP contribution in [0.1, 0.15) is 41.3 Å². The second kappa shape index (κ2) is 9.41. The number of thioether (sulfide) groups is 1. The highest BCUT2D eigenvalue weighted by molar-refractivity contribution is 7.98. The highest BCUT2D eigenvalue weighted by atomic mass is 32.2. The van der Waals surface area contributed by atoms with Gasteiger partial charge in [0.05, 0.1) is 29.4 Å². The molecule has 0 unspecified atom stereocenters. The van der Waals surface area contributed by atoms with Crippen LogP contribution in [0.3, 0.4) is 0 Å². The SMILES string of the molecule is CSc1ccc(S(=O)(=O)Nc2c(C)cccc2C(C)C)cc1C(=O)N1CCOCC1. The molecule has 0 radical (unpaired) electrons. The molecule has 1 aliphatic rings. The molecule has 1 aliphatic heterocycles. The fourth-order valence-electron chi connectivity index (χ4n) is 3.46. The maximum atomic E-state index is 13.2. The Bertz CT molecular complexity index is 1030. The van der Waals surface area contributed by atoms with Crippen LogP contribution in [-0.4, -0.2) is 51.8 Å². The van der Waals surface area contributed by atoms with Gasteiger partial charge in [-0.2, -0.15) is 0 Å². The lowest BCUT2D eigenvalue weighted by Crippen LogP contribution is -2.41. The van der Waals surface area contributed by atoms with Crippen LogP contribution in [0.15, 0.2) is 46.2 Å². The molecule has 8 heteroatoms. The molecule has 1 N–H and O–H groups in total. The van der Waals surface area contributed by atoms with Gasteiger partial charge in [-0.3, -0.25) is 9.52 Å². The molecular formula is C22H28N2O4S2. The van der Waals surface area contributed by atoms with Crippen molar-refractivity contribution in [3.05, 3.63) is 53.1 Å². The van der Waals surface area contributed by atoms with E-state index in [1.54, 1.807) is 17.0 Å². The van der Waals surface area contributed by atoms with Crippen molar-refractivity contribution in [2.45, 2.75) is 36.5 Å². The van der Waals surface area contributed by atoms with E-state index in [2.05, 4.69) is 4.72 Å². The zero-order valence-corrected chi connectivity index (χ0v) is 19.4. The van der Waals surface area contributed by atoms with Crippen LogP contribution in [0.25, 0.3) is 0 Å². The Morgan fingerprint density at radius 1 is 1.17 bits per heavy atom. The van der Waals surface area contributed by atoms with Crippen LogP contribution in [0.2, 0.25) is 0 Å². The number of nitrogens with zero attached hydrogens (tertiary/aromatic N) is 1. The lowest BCUT2D eigenvalue weighted by Gasteiger charge is -2.27. The van der Waals surface area contributed by atoms with E-state index in [0.717, 1.165) is 16.0 Å². The zero-order chi connectivity index (χ0) is 21.9. The van der Waals surface area contributed by atoms with E-state index < -0.39 is 10.0 Å². The predicted molar refractivity (Wildman–Crippen MR) is 121 cm³/mol. The monoisotopic (exact) mass is 448 g/mol. The Morgan fingerprint density at radius 3 is 2.50 bits per heavy atom. The molecule has 1 amide bonds. The van der Waals surface area contributed by atoms with Gasteiger partial charge in [0.2, 0.25) is 0 Å². The molecular weight excluding hydrogens is 420 g/mol. The van der Waals surface area contributed by atoms with Crippen molar-refractivity contribution in [2.24, 2.45) is 0 Å². The number of nitrogens with one attached hydrogen (secondary N) is 1. The largest absolute Gasteiger partial charge is 0.378 e. The average molecular weight is 449 g/mol. The van der Waals surface area contributed by atoms with Crippen molar-refractivity contribution >= 4 is 33.4 Å². The average Bonchev–Trinajstić information content (AvgIpc) is 2.74. The Labute approximate surface area is 183 Å². The number of morpholine rings is 1. The number of para-hydroxylation sites is 1. The minimum Gasteiger partial charge on any atom is -0.378 e. The van der Waals surface area contributed by atoms with Crippen LogP contribution in [0.5, 0.6) is 0 Å². The molecule has 30 heavy (non-hydrogen) atoms. The molecule has 2 aromatic rings. The standard InChI is InChI=1S/C22H28N2O4S2/c1-15(2)18-7-5-6-16(3)21(18)23-30(26,27)17-8-9-20(29-4)19(14-17)22(25)24-10-12-28-13-11-24/h5-9,14-15,23H,10-13H2,1-4H3. The summed E-state index contributed by atoms with van der Waals surface area (Å²) < 4.78 is 34.5. The topological polar surface area (TPSA) is 75.7 Å². The van der Waals surface area contributed by atoms with Gasteiger partial charge in [-0.1, -0.05) is 32.0 Å². The lowest BCUT2D eigenvalue weighted by atomic mass is 9.99. The van der Waals surface area contributed by atoms with Crippen LogP contribution in [0, 0.1) is 6.92 Å². The Balaban J connectivity index is 1.98. The highest BCUT2D eigenvalue weighted by Gasteiger charge is 2.25. The van der Waals surface area contributed by atoms with Gasteiger partial charge >= 0.3 is 0 Å². The summed E-state index contributed by atoms with van der Waals surface area (Å²) in [6.07, 6.45) is 1.88. The molecule has 1 heterocycles. The molecule has 0 spiro atoms. The molecule has 0 bridgehead atoms. The molecule has 0 saturated carbocycles. The first-order valence-electron chi connectivity index (χ1n) is 9.92. The summed E-state index contributed by atoms with van der Waals surface area (Å²) in [5, 5.41) is 0. The fraction of sp³-hybridized carbons (Fsp3) is 0.409. The third kappa shape index (κ3) is 4.82. The second-order valence-corrected chi connectivity index (χ2v) is 10.1. The first kappa shape index (κ1) is 22.7. The number of ether oxygens (including phenoxy) is 1. The Kier molecular flexibility index (Phi) is 7.10. The van der Waals surface area contributed by atoms with Gasteiger partial charge in [0.1, 0.15) is 0 Å². The highest BCUT2D eigenvalue weighted by Crippen LogP contribution is 2.31. The van der Waals surface area contributed by atoms with Crippen LogP contribution < -0.4 is 4.72 Å². The summed E-state index contributed by atoms with van der Waals surface area (Å²) in [4.78, 5) is 15.6. The normalized spacial score (nSPS) is 14.8. The molecule has 0 aliphatic carbocycles. The first-order chi connectivity index (χ1) is 14.2. The number of hydrogen-bond acceptors (Lipinski definition) is 5. The quantitative estimate of drug-likeness (QED) is 0.673. The van der Waals surface area contributed by atoms with Crippen molar-refractivity contribution < 1.29 is 17.9 Å². The van der Waals surface area contributed by atoms with Gasteiger partial charge in [0, 0.05) is 18.0 Å². The molecule has 3 rings (SSSR count). The van der Waals surface area contributed by atoms with Crippen molar-refractivity contribution in [3.8, 4) is 0 Å². The minimum atomic E-state index is -3.86. The van der Waals surface area contributed by atoms with E-state index in [1.807, 2.05) is 45.2 Å². The van der Waals surface area contributed by atoms with Gasteiger partial charge in [-0.25, -0.2) is 8.42 Å². The van der Waals surface area contributed by atoms with Gasteiger partial charge in [-0.05, 0) is 48.4 Å². The maximum Gasteiger partial charge on any atom is 0.261 e. The molecule has 1 fully saturated rings. The van der Waals surface area contributed by atoms with Gasteiger partial charge in [-0.15, -0.1) is 11.8 Å². The number of carbonyl (C=O) groups is 1. The zero-order valence-electron chi connectivity index (χ0n) is 17.8. The third-order valence-corrected chi connectivity index (χ3v) is 7.32. The number of carbonyl (C=O) groups excluding carboxylic acids is 1. The molecule has 0 atom stereocenters. The van der Waals surface area contributed by atoms with Crippen molar-refractivity contribution in [2.75, 3.05) is 37.3 Å². The number of anilines is 1. The summed E-state index contributed by atoms with van der Waals surface area (Å²) in [6, 6.07) is 10.5. The lowest BCUT2D eigenvalue weighted by molar-refractivity contribution is 0.0300. The number of hydrogen-bond donors (Lipinski definition) is 1. The van der Waals surface area contributed by atoms with Crippen molar-refractivity contribution in [1.82, 2.24) is 4.90 Å². The second-order valence-electron chi connectivity index (χ2n) is 7.57. The van der Waals surface area contributed by atoms with Gasteiger partial charge < -0.3 is 9.64 Å². The Morgan fingerprint density at radius 2 is 1.87 bits per heavy atom. The summed E-state index contributed by atoms with van der Waals surface area (Å²) >= 11 is 1.43. The number of rotatable bonds is 6. The third-order valence-electron chi connectivity index (χ3n) is 5.17. The molecule has 6 nitrogen and oxygen atoms in total. The predicted octanol–water partition coefficient (Wildman–Crippen LogP) is 4.11. The van der Waals surface area contributed by atoms with Crippen LogP contribution >= 0.6 is 11.8 Å². The van der Waals surface area contributed by atoms with Gasteiger partial charge in [0.25, 0.3) is 15.9 Å². The van der Waals surface area contributed by atoms with E-state index >= 15 is 0 Å².